The van der Waals surface area contributed by atoms with Crippen molar-refractivity contribution in [1.29, 1.82) is 0 Å². The Hall–Kier alpha value is -2.72. The molecule has 0 radical (unpaired) electrons. The summed E-state index contributed by atoms with van der Waals surface area (Å²) in [7, 11) is 0. The number of hydrogen-bond acceptors (Lipinski definition) is 4. The van der Waals surface area contributed by atoms with Gasteiger partial charge in [0.2, 0.25) is 5.88 Å². The molecular formula is C17H13NO3. The van der Waals surface area contributed by atoms with Crippen molar-refractivity contribution in [2.24, 2.45) is 0 Å². The second kappa shape index (κ2) is 5.73. The van der Waals surface area contributed by atoms with Gasteiger partial charge in [-0.15, -0.1) is 0 Å². The van der Waals surface area contributed by atoms with Crippen LogP contribution in [-0.2, 0) is 4.79 Å². The summed E-state index contributed by atoms with van der Waals surface area (Å²) in [5, 5.41) is 11.7. The third-order valence-corrected chi connectivity index (χ3v) is 3.17. The van der Waals surface area contributed by atoms with E-state index in [1.807, 2.05) is 36.4 Å². The van der Waals surface area contributed by atoms with Gasteiger partial charge in [0.05, 0.1) is 0 Å². The third-order valence-electron chi connectivity index (χ3n) is 3.17. The first-order valence-electron chi connectivity index (χ1n) is 6.54. The van der Waals surface area contributed by atoms with Crippen molar-refractivity contribution in [2.45, 2.75) is 6.10 Å². The second-order valence-corrected chi connectivity index (χ2v) is 4.57. The molecule has 0 bridgehead atoms. The lowest BCUT2D eigenvalue weighted by Crippen LogP contribution is -2.19. The lowest BCUT2D eigenvalue weighted by atomic mass is 10.1. The molecule has 4 nitrogen and oxygen atoms in total. The fourth-order valence-electron chi connectivity index (χ4n) is 2.10. The van der Waals surface area contributed by atoms with E-state index < -0.39 is 12.1 Å². The molecule has 0 unspecified atom stereocenters. The van der Waals surface area contributed by atoms with Crippen molar-refractivity contribution < 1.29 is 14.6 Å². The average molecular weight is 279 g/mol. The van der Waals surface area contributed by atoms with Crippen molar-refractivity contribution in [1.82, 2.24) is 4.98 Å². The number of pyridine rings is 1. The highest BCUT2D eigenvalue weighted by Crippen LogP contribution is 2.24. The number of fused-ring (bicyclic) bond motifs is 1. The number of benzene rings is 2. The zero-order valence-corrected chi connectivity index (χ0v) is 11.1. The van der Waals surface area contributed by atoms with Gasteiger partial charge >= 0.3 is 5.97 Å². The van der Waals surface area contributed by atoms with Gasteiger partial charge in [0.25, 0.3) is 0 Å². The fraction of sp³-hybridized carbons (Fsp3) is 0.0588. The van der Waals surface area contributed by atoms with E-state index in [2.05, 4.69) is 4.98 Å². The van der Waals surface area contributed by atoms with Crippen LogP contribution in [0.4, 0.5) is 0 Å². The van der Waals surface area contributed by atoms with Crippen LogP contribution in [0, 0.1) is 0 Å². The molecule has 1 heterocycles. The van der Waals surface area contributed by atoms with Crippen LogP contribution in [0.15, 0.2) is 66.9 Å². The number of carbonyl (C=O) groups is 1. The lowest BCUT2D eigenvalue weighted by molar-refractivity contribution is -0.144. The molecule has 1 aromatic heterocycles. The predicted octanol–water partition coefficient (Wildman–Crippen LogP) is 2.87. The molecule has 0 aliphatic carbocycles. The summed E-state index contributed by atoms with van der Waals surface area (Å²) in [6.07, 6.45) is 0.242. The van der Waals surface area contributed by atoms with Crippen molar-refractivity contribution in [3.8, 4) is 5.88 Å². The number of aromatic nitrogens is 1. The number of esters is 1. The van der Waals surface area contributed by atoms with Crippen LogP contribution in [0.5, 0.6) is 5.88 Å². The normalized spacial score (nSPS) is 12.0. The third kappa shape index (κ3) is 2.75. The minimum absolute atomic E-state index is 0.202. The number of hydrogen-bond donors (Lipinski definition) is 1. The Bertz CT molecular complexity index is 766. The Kier molecular flexibility index (Phi) is 3.62. The van der Waals surface area contributed by atoms with Gasteiger partial charge in [-0.3, -0.25) is 0 Å². The highest BCUT2D eigenvalue weighted by atomic mass is 16.6. The van der Waals surface area contributed by atoms with E-state index in [0.717, 1.165) is 10.8 Å². The molecule has 0 aliphatic rings. The molecule has 0 spiro atoms. The quantitative estimate of drug-likeness (QED) is 0.749. The van der Waals surface area contributed by atoms with E-state index >= 15 is 0 Å². The summed E-state index contributed by atoms with van der Waals surface area (Å²) in [5.41, 5.74) is 0.489. The van der Waals surface area contributed by atoms with Gasteiger partial charge in [-0.2, -0.15) is 0 Å². The number of aliphatic hydroxyl groups excluding tert-OH is 1. The van der Waals surface area contributed by atoms with E-state index in [4.69, 9.17) is 4.74 Å². The largest absolute Gasteiger partial charge is 0.405 e. The predicted molar refractivity (Wildman–Crippen MR) is 78.8 cm³/mol. The summed E-state index contributed by atoms with van der Waals surface area (Å²) in [5.74, 6) is -0.543. The number of aliphatic hydroxyl groups is 1. The monoisotopic (exact) mass is 279 g/mol. The first-order valence-corrected chi connectivity index (χ1v) is 6.54. The molecule has 0 amide bonds. The van der Waals surface area contributed by atoms with Crippen LogP contribution in [0.1, 0.15) is 11.7 Å². The van der Waals surface area contributed by atoms with Gasteiger partial charge in [-0.05, 0) is 23.1 Å². The smallest absolute Gasteiger partial charge is 0.346 e. The molecule has 1 N–H and O–H groups in total. The number of ether oxygens (including phenoxy) is 1. The van der Waals surface area contributed by atoms with E-state index in [1.54, 1.807) is 30.5 Å². The minimum atomic E-state index is -1.33. The maximum atomic E-state index is 12.0. The molecule has 21 heavy (non-hydrogen) atoms. The molecule has 2 aromatic carbocycles. The zero-order chi connectivity index (χ0) is 14.7. The van der Waals surface area contributed by atoms with Gasteiger partial charge < -0.3 is 9.84 Å². The Labute approximate surface area is 121 Å². The fourth-order valence-corrected chi connectivity index (χ4v) is 2.10. The van der Waals surface area contributed by atoms with Gasteiger partial charge in [0.1, 0.15) is 0 Å². The minimum Gasteiger partial charge on any atom is -0.405 e. The van der Waals surface area contributed by atoms with Crippen LogP contribution >= 0.6 is 0 Å². The van der Waals surface area contributed by atoms with Crippen LogP contribution in [0.3, 0.4) is 0 Å². The Morgan fingerprint density at radius 3 is 2.52 bits per heavy atom. The molecule has 0 aliphatic heterocycles. The SMILES string of the molecule is O=C(Oc1nccc2ccccc12)[C@H](O)c1ccccc1. The van der Waals surface area contributed by atoms with E-state index in [0.29, 0.717) is 5.56 Å². The van der Waals surface area contributed by atoms with Gasteiger partial charge in [0, 0.05) is 11.6 Å². The standard InChI is InChI=1S/C17H13NO3/c19-15(13-7-2-1-3-8-13)17(20)21-16-14-9-5-4-6-12(14)10-11-18-16/h1-11,15,19H/t15-/m1/s1. The molecule has 1 atom stereocenters. The number of carbonyl (C=O) groups excluding carboxylic acids is 1. The molecule has 3 rings (SSSR count). The van der Waals surface area contributed by atoms with Crippen molar-refractivity contribution in [2.75, 3.05) is 0 Å². The average Bonchev–Trinajstić information content (AvgIpc) is 2.55. The van der Waals surface area contributed by atoms with Crippen LogP contribution < -0.4 is 4.74 Å². The Morgan fingerprint density at radius 1 is 1.00 bits per heavy atom. The lowest BCUT2D eigenvalue weighted by Gasteiger charge is -2.11. The number of rotatable bonds is 3. The van der Waals surface area contributed by atoms with E-state index in [9.17, 15) is 9.90 Å². The van der Waals surface area contributed by atoms with E-state index in [-0.39, 0.29) is 5.88 Å². The van der Waals surface area contributed by atoms with Crippen LogP contribution in [0.25, 0.3) is 10.8 Å². The summed E-state index contributed by atoms with van der Waals surface area (Å²) >= 11 is 0. The summed E-state index contributed by atoms with van der Waals surface area (Å²) in [4.78, 5) is 16.1. The topological polar surface area (TPSA) is 59.4 Å². The first-order chi connectivity index (χ1) is 10.3. The first kappa shape index (κ1) is 13.3. The molecule has 0 fully saturated rings. The summed E-state index contributed by atoms with van der Waals surface area (Å²) < 4.78 is 5.24. The molecular weight excluding hydrogens is 266 g/mol. The molecule has 0 saturated heterocycles. The van der Waals surface area contributed by atoms with Crippen LogP contribution in [0.2, 0.25) is 0 Å². The van der Waals surface area contributed by atoms with Crippen LogP contribution in [-0.4, -0.2) is 16.1 Å². The van der Waals surface area contributed by atoms with Gasteiger partial charge in [-0.1, -0.05) is 48.5 Å². The summed E-state index contributed by atoms with van der Waals surface area (Å²) in [6, 6.07) is 18.0. The van der Waals surface area contributed by atoms with Crippen molar-refractivity contribution in [3.63, 3.8) is 0 Å². The van der Waals surface area contributed by atoms with Gasteiger partial charge in [0.15, 0.2) is 6.10 Å². The Balaban J connectivity index is 1.87. The number of nitrogens with zero attached hydrogens (tertiary/aromatic N) is 1. The summed E-state index contributed by atoms with van der Waals surface area (Å²) in [6.45, 7) is 0. The maximum Gasteiger partial charge on any atom is 0.346 e. The maximum absolute atomic E-state index is 12.0. The molecule has 104 valence electrons. The Morgan fingerprint density at radius 2 is 1.71 bits per heavy atom. The zero-order valence-electron chi connectivity index (χ0n) is 11.1. The molecule has 3 aromatic rings. The highest BCUT2D eigenvalue weighted by Gasteiger charge is 2.20. The van der Waals surface area contributed by atoms with Gasteiger partial charge in [-0.25, -0.2) is 9.78 Å². The molecule has 0 saturated carbocycles. The van der Waals surface area contributed by atoms with E-state index in [1.165, 1.54) is 0 Å². The van der Waals surface area contributed by atoms with Crippen molar-refractivity contribution >= 4 is 16.7 Å². The van der Waals surface area contributed by atoms with Crippen molar-refractivity contribution in [3.05, 3.63) is 72.4 Å². The molecule has 4 heteroatoms. The second-order valence-electron chi connectivity index (χ2n) is 4.57. The highest BCUT2D eigenvalue weighted by molar-refractivity contribution is 5.89.